The van der Waals surface area contributed by atoms with Crippen LogP contribution in [0.3, 0.4) is 0 Å². The Morgan fingerprint density at radius 1 is 1.12 bits per heavy atom. The van der Waals surface area contributed by atoms with Gasteiger partial charge in [-0.2, -0.15) is 0 Å². The molecule has 0 saturated heterocycles. The van der Waals surface area contributed by atoms with Gasteiger partial charge in [0.2, 0.25) is 0 Å². The van der Waals surface area contributed by atoms with Gasteiger partial charge in [0.1, 0.15) is 22.3 Å². The lowest BCUT2D eigenvalue weighted by Crippen LogP contribution is -1.89. The molecule has 0 N–H and O–H groups in total. The van der Waals surface area contributed by atoms with Crippen LogP contribution in [0.25, 0.3) is 0 Å². The van der Waals surface area contributed by atoms with E-state index >= 15 is 0 Å². The molecular weight excluding hydrogens is 241 g/mol. The molecule has 1 aliphatic heterocycles. The van der Waals surface area contributed by atoms with Crippen LogP contribution in [0.1, 0.15) is 5.56 Å². The third kappa shape index (κ3) is 1.68. The van der Waals surface area contributed by atoms with Crippen molar-refractivity contribution < 1.29 is 9.13 Å². The molecule has 1 aliphatic rings. The average molecular weight is 248 g/mol. The first-order valence-electron chi connectivity index (χ1n) is 5.04. The minimum Gasteiger partial charge on any atom is -0.453 e. The number of para-hydroxylation sites is 1. The fourth-order valence-corrected chi connectivity index (χ4v) is 1.85. The van der Waals surface area contributed by atoms with Gasteiger partial charge in [0, 0.05) is 11.8 Å². The van der Waals surface area contributed by atoms with Crippen LogP contribution in [0, 0.1) is 5.82 Å². The Morgan fingerprint density at radius 3 is 2.82 bits per heavy atom. The van der Waals surface area contributed by atoms with Crippen molar-refractivity contribution in [2.45, 2.75) is 0 Å². The third-order valence-electron chi connectivity index (χ3n) is 2.50. The minimum absolute atomic E-state index is 0.0450. The van der Waals surface area contributed by atoms with Gasteiger partial charge >= 0.3 is 0 Å². The molecule has 0 bridgehead atoms. The van der Waals surface area contributed by atoms with Gasteiger partial charge in [0.15, 0.2) is 5.75 Å². The van der Waals surface area contributed by atoms with E-state index in [1.807, 2.05) is 18.2 Å². The van der Waals surface area contributed by atoms with E-state index in [1.54, 1.807) is 18.3 Å². The standard InChI is InChI=1S/C13H7ClFNO/c14-12-9(15)5-6-10-13(12)17-11-4-2-1-3-8(11)7-16-10/h1-7H. The van der Waals surface area contributed by atoms with Crippen molar-refractivity contribution in [1.29, 1.82) is 0 Å². The van der Waals surface area contributed by atoms with Crippen LogP contribution < -0.4 is 4.74 Å². The van der Waals surface area contributed by atoms with Gasteiger partial charge in [-0.1, -0.05) is 23.7 Å². The number of rotatable bonds is 0. The summed E-state index contributed by atoms with van der Waals surface area (Å²) in [6.07, 6.45) is 1.68. The molecule has 0 saturated carbocycles. The van der Waals surface area contributed by atoms with Crippen molar-refractivity contribution in [1.82, 2.24) is 0 Å². The first-order valence-corrected chi connectivity index (χ1v) is 5.42. The Kier molecular flexibility index (Phi) is 2.34. The Balaban J connectivity index is 2.23. The maximum Gasteiger partial charge on any atom is 0.174 e. The molecule has 0 atom stereocenters. The number of aliphatic imine (C=N–C) groups is 1. The zero-order chi connectivity index (χ0) is 11.8. The van der Waals surface area contributed by atoms with E-state index in [0.29, 0.717) is 11.4 Å². The van der Waals surface area contributed by atoms with E-state index in [2.05, 4.69) is 4.99 Å². The van der Waals surface area contributed by atoms with Crippen LogP contribution in [0.5, 0.6) is 11.5 Å². The molecule has 4 heteroatoms. The van der Waals surface area contributed by atoms with E-state index in [1.165, 1.54) is 6.07 Å². The van der Waals surface area contributed by atoms with Crippen LogP contribution in [0.2, 0.25) is 5.02 Å². The lowest BCUT2D eigenvalue weighted by Gasteiger charge is -2.09. The highest BCUT2D eigenvalue weighted by Crippen LogP contribution is 2.42. The second-order valence-electron chi connectivity index (χ2n) is 3.61. The van der Waals surface area contributed by atoms with Crippen molar-refractivity contribution in [3.8, 4) is 11.5 Å². The van der Waals surface area contributed by atoms with Crippen LogP contribution >= 0.6 is 11.6 Å². The largest absolute Gasteiger partial charge is 0.453 e. The molecule has 84 valence electrons. The van der Waals surface area contributed by atoms with E-state index in [-0.39, 0.29) is 10.8 Å². The maximum absolute atomic E-state index is 13.4. The Labute approximate surface area is 102 Å². The van der Waals surface area contributed by atoms with E-state index in [0.717, 1.165) is 5.56 Å². The highest BCUT2D eigenvalue weighted by atomic mass is 35.5. The van der Waals surface area contributed by atoms with Crippen molar-refractivity contribution in [2.75, 3.05) is 0 Å². The normalized spacial score (nSPS) is 12.4. The second-order valence-corrected chi connectivity index (χ2v) is 3.99. The molecular formula is C13H7ClFNO. The first kappa shape index (κ1) is 10.3. The summed E-state index contributed by atoms with van der Waals surface area (Å²) in [4.78, 5) is 4.23. The Bertz CT molecular complexity index is 625. The molecule has 0 aromatic heterocycles. The molecule has 2 aromatic carbocycles. The fourth-order valence-electron chi connectivity index (χ4n) is 1.65. The van der Waals surface area contributed by atoms with E-state index in [4.69, 9.17) is 16.3 Å². The zero-order valence-electron chi connectivity index (χ0n) is 8.65. The number of fused-ring (bicyclic) bond motifs is 2. The Hall–Kier alpha value is -1.87. The predicted molar refractivity (Wildman–Crippen MR) is 65.2 cm³/mol. The molecule has 3 rings (SSSR count). The summed E-state index contributed by atoms with van der Waals surface area (Å²) in [5.74, 6) is 0.357. The van der Waals surface area contributed by atoms with Crippen LogP contribution in [0.4, 0.5) is 10.1 Å². The van der Waals surface area contributed by atoms with Crippen molar-refractivity contribution in [3.05, 3.63) is 52.8 Å². The zero-order valence-corrected chi connectivity index (χ0v) is 9.41. The highest BCUT2D eigenvalue weighted by Gasteiger charge is 2.17. The molecule has 0 aliphatic carbocycles. The Morgan fingerprint density at radius 2 is 1.94 bits per heavy atom. The molecule has 1 heterocycles. The van der Waals surface area contributed by atoms with Crippen LogP contribution in [0.15, 0.2) is 41.4 Å². The number of benzene rings is 2. The molecule has 0 spiro atoms. The average Bonchev–Trinajstić information content (AvgIpc) is 2.54. The quantitative estimate of drug-likeness (QED) is 0.579. The van der Waals surface area contributed by atoms with Crippen molar-refractivity contribution in [3.63, 3.8) is 0 Å². The molecule has 0 radical (unpaired) electrons. The van der Waals surface area contributed by atoms with Gasteiger partial charge in [-0.3, -0.25) is 4.99 Å². The number of halogens is 2. The first-order chi connectivity index (χ1) is 8.25. The van der Waals surface area contributed by atoms with Gasteiger partial charge in [-0.25, -0.2) is 4.39 Å². The summed E-state index contributed by atoms with van der Waals surface area (Å²) in [7, 11) is 0. The lowest BCUT2D eigenvalue weighted by atomic mass is 10.2. The smallest absolute Gasteiger partial charge is 0.174 e. The van der Waals surface area contributed by atoms with Gasteiger partial charge in [0.05, 0.1) is 0 Å². The number of hydrogen-bond donors (Lipinski definition) is 0. The summed E-state index contributed by atoms with van der Waals surface area (Å²) < 4.78 is 19.0. The topological polar surface area (TPSA) is 21.6 Å². The van der Waals surface area contributed by atoms with Crippen LogP contribution in [-0.2, 0) is 0 Å². The monoisotopic (exact) mass is 247 g/mol. The van der Waals surface area contributed by atoms with Crippen molar-refractivity contribution >= 4 is 23.5 Å². The molecule has 0 unspecified atom stereocenters. The fraction of sp³-hybridized carbons (Fsp3) is 0. The van der Waals surface area contributed by atoms with Gasteiger partial charge in [-0.05, 0) is 24.3 Å². The minimum atomic E-state index is -0.514. The summed E-state index contributed by atoms with van der Waals surface area (Å²) in [6.45, 7) is 0. The summed E-state index contributed by atoms with van der Waals surface area (Å²) in [5.41, 5.74) is 1.35. The number of nitrogens with zero attached hydrogens (tertiary/aromatic N) is 1. The summed E-state index contributed by atoms with van der Waals surface area (Å²) >= 11 is 5.88. The molecule has 0 amide bonds. The SMILES string of the molecule is Fc1ccc2c(c1Cl)Oc1ccccc1C=N2. The van der Waals surface area contributed by atoms with Crippen LogP contribution in [-0.4, -0.2) is 6.21 Å². The van der Waals surface area contributed by atoms with E-state index in [9.17, 15) is 4.39 Å². The third-order valence-corrected chi connectivity index (χ3v) is 2.86. The second kappa shape index (κ2) is 3.86. The van der Waals surface area contributed by atoms with Crippen molar-refractivity contribution in [2.24, 2.45) is 4.99 Å². The molecule has 17 heavy (non-hydrogen) atoms. The van der Waals surface area contributed by atoms with Gasteiger partial charge in [-0.15, -0.1) is 0 Å². The number of ether oxygens (including phenoxy) is 1. The van der Waals surface area contributed by atoms with Gasteiger partial charge in [0.25, 0.3) is 0 Å². The highest BCUT2D eigenvalue weighted by molar-refractivity contribution is 6.32. The summed E-state index contributed by atoms with van der Waals surface area (Å²) in [6, 6.07) is 10.2. The summed E-state index contributed by atoms with van der Waals surface area (Å²) in [5, 5.41) is -0.0450. The van der Waals surface area contributed by atoms with E-state index < -0.39 is 5.82 Å². The maximum atomic E-state index is 13.4. The number of hydrogen-bond acceptors (Lipinski definition) is 2. The molecule has 2 nitrogen and oxygen atoms in total. The molecule has 0 fully saturated rings. The lowest BCUT2D eigenvalue weighted by molar-refractivity contribution is 0.479. The predicted octanol–water partition coefficient (Wildman–Crippen LogP) is 4.34. The molecule has 2 aromatic rings. The van der Waals surface area contributed by atoms with Gasteiger partial charge < -0.3 is 4.74 Å².